The first-order valence-corrected chi connectivity index (χ1v) is 10.1. The van der Waals surface area contributed by atoms with Crippen molar-refractivity contribution < 1.29 is 19.1 Å². The number of nitrogens with zero attached hydrogens (tertiary/aromatic N) is 5. The summed E-state index contributed by atoms with van der Waals surface area (Å²) in [5.41, 5.74) is 1.07. The Bertz CT molecular complexity index is 911. The van der Waals surface area contributed by atoms with E-state index >= 15 is 0 Å². The fourth-order valence-corrected chi connectivity index (χ4v) is 3.57. The van der Waals surface area contributed by atoms with E-state index in [1.54, 1.807) is 48.8 Å². The predicted octanol–water partition coefficient (Wildman–Crippen LogP) is 1.45. The molecule has 0 radical (unpaired) electrons. The number of likely N-dealkylation sites (N-methyl/N-ethyl adjacent to an activating group) is 1. The second-order valence-corrected chi connectivity index (χ2v) is 7.34. The summed E-state index contributed by atoms with van der Waals surface area (Å²) in [6.07, 6.45) is 4.60. The highest BCUT2D eigenvalue weighted by molar-refractivity contribution is 5.97. The summed E-state index contributed by atoms with van der Waals surface area (Å²) in [5.74, 6) is -0.429. The summed E-state index contributed by atoms with van der Waals surface area (Å²) >= 11 is 0. The highest BCUT2D eigenvalue weighted by atomic mass is 16.5. The predicted molar refractivity (Wildman–Crippen MR) is 109 cm³/mol. The second-order valence-electron chi connectivity index (χ2n) is 7.34. The lowest BCUT2D eigenvalue weighted by Crippen LogP contribution is -2.47. The minimum atomic E-state index is -0.303. The van der Waals surface area contributed by atoms with E-state index in [0.29, 0.717) is 43.2 Å². The molecule has 0 bridgehead atoms. The largest absolute Gasteiger partial charge is 0.466 e. The molecular formula is C21H27N5O4. The van der Waals surface area contributed by atoms with Crippen molar-refractivity contribution >= 4 is 17.8 Å². The van der Waals surface area contributed by atoms with Crippen LogP contribution in [-0.4, -0.2) is 75.6 Å². The summed E-state index contributed by atoms with van der Waals surface area (Å²) in [6, 6.07) is 5.45. The zero-order valence-electron chi connectivity index (χ0n) is 17.6. The summed E-state index contributed by atoms with van der Waals surface area (Å²) in [7, 11) is 1.59. The second kappa shape index (κ2) is 9.51. The van der Waals surface area contributed by atoms with Crippen LogP contribution in [0.4, 0.5) is 0 Å². The molecule has 2 aromatic heterocycles. The number of esters is 1. The number of hydrogen-bond acceptors (Lipinski definition) is 6. The van der Waals surface area contributed by atoms with Crippen molar-refractivity contribution in [1.82, 2.24) is 24.6 Å². The fraction of sp³-hybridized carbons (Fsp3) is 0.476. The number of carbonyl (C=O) groups is 3. The standard InChI is InChI=1S/C21H27N5O4/c1-4-30-21(29)16-8-7-11-25(13-16)19(27)14-24(3)20(28)17-12-23-26(15(17)2)18-9-5-6-10-22-18/h5-6,9-10,12,16H,4,7-8,11,13-14H2,1-3H3. The van der Waals surface area contributed by atoms with Gasteiger partial charge in [0.25, 0.3) is 5.91 Å². The van der Waals surface area contributed by atoms with E-state index in [1.807, 2.05) is 6.07 Å². The summed E-state index contributed by atoms with van der Waals surface area (Å²) in [4.78, 5) is 44.9. The molecule has 0 saturated carbocycles. The Balaban J connectivity index is 1.64. The number of aromatic nitrogens is 3. The minimum Gasteiger partial charge on any atom is -0.466 e. The minimum absolute atomic E-state index is 0.0669. The SMILES string of the molecule is CCOC(=O)C1CCCN(C(=O)CN(C)C(=O)c2cnn(-c3ccccn3)c2C)C1. The number of likely N-dealkylation sites (tertiary alicyclic amines) is 1. The van der Waals surface area contributed by atoms with E-state index in [0.717, 1.165) is 6.42 Å². The molecule has 1 atom stereocenters. The lowest BCUT2D eigenvalue weighted by molar-refractivity contribution is -0.151. The molecule has 0 N–H and O–H groups in total. The third-order valence-electron chi connectivity index (χ3n) is 5.22. The Labute approximate surface area is 175 Å². The Morgan fingerprint density at radius 1 is 1.30 bits per heavy atom. The number of ether oxygens (including phenoxy) is 1. The van der Waals surface area contributed by atoms with E-state index in [2.05, 4.69) is 10.1 Å². The number of piperidine rings is 1. The lowest BCUT2D eigenvalue weighted by Gasteiger charge is -2.32. The average molecular weight is 413 g/mol. The van der Waals surface area contributed by atoms with Gasteiger partial charge in [-0.05, 0) is 38.8 Å². The lowest BCUT2D eigenvalue weighted by atomic mass is 9.98. The van der Waals surface area contributed by atoms with Gasteiger partial charge >= 0.3 is 5.97 Å². The average Bonchev–Trinajstić information content (AvgIpc) is 3.15. The maximum Gasteiger partial charge on any atom is 0.310 e. The quantitative estimate of drug-likeness (QED) is 0.665. The van der Waals surface area contributed by atoms with Gasteiger partial charge in [0.2, 0.25) is 5.91 Å². The van der Waals surface area contributed by atoms with Crippen LogP contribution >= 0.6 is 0 Å². The first-order chi connectivity index (χ1) is 14.4. The summed E-state index contributed by atoms with van der Waals surface area (Å²) < 4.78 is 6.68. The van der Waals surface area contributed by atoms with Crippen molar-refractivity contribution in [3.05, 3.63) is 41.9 Å². The normalized spacial score (nSPS) is 16.2. The zero-order valence-corrected chi connectivity index (χ0v) is 17.6. The highest BCUT2D eigenvalue weighted by Gasteiger charge is 2.30. The van der Waals surface area contributed by atoms with Crippen molar-refractivity contribution in [3.8, 4) is 5.82 Å². The molecule has 3 heterocycles. The molecule has 30 heavy (non-hydrogen) atoms. The molecular weight excluding hydrogens is 386 g/mol. The molecule has 9 nitrogen and oxygen atoms in total. The van der Waals surface area contributed by atoms with Crippen molar-refractivity contribution in [1.29, 1.82) is 0 Å². The van der Waals surface area contributed by atoms with Gasteiger partial charge in [0.1, 0.15) is 0 Å². The van der Waals surface area contributed by atoms with Gasteiger partial charge in [-0.2, -0.15) is 5.10 Å². The van der Waals surface area contributed by atoms with Gasteiger partial charge in [-0.25, -0.2) is 9.67 Å². The van der Waals surface area contributed by atoms with Gasteiger partial charge in [-0.3, -0.25) is 14.4 Å². The van der Waals surface area contributed by atoms with Gasteiger partial charge in [0.15, 0.2) is 5.82 Å². The molecule has 1 fully saturated rings. The molecule has 0 aromatic carbocycles. The van der Waals surface area contributed by atoms with Crippen LogP contribution in [0.5, 0.6) is 0 Å². The van der Waals surface area contributed by atoms with Crippen LogP contribution < -0.4 is 0 Å². The number of hydrogen-bond donors (Lipinski definition) is 0. The van der Waals surface area contributed by atoms with Crippen LogP contribution in [-0.2, 0) is 14.3 Å². The molecule has 1 aliphatic rings. The van der Waals surface area contributed by atoms with Crippen LogP contribution in [0.1, 0.15) is 35.8 Å². The number of pyridine rings is 1. The van der Waals surface area contributed by atoms with Crippen LogP contribution in [0.15, 0.2) is 30.6 Å². The molecule has 1 aliphatic heterocycles. The third-order valence-corrected chi connectivity index (χ3v) is 5.22. The van der Waals surface area contributed by atoms with E-state index in [4.69, 9.17) is 4.74 Å². The molecule has 3 rings (SSSR count). The monoisotopic (exact) mass is 413 g/mol. The molecule has 0 spiro atoms. The molecule has 1 saturated heterocycles. The van der Waals surface area contributed by atoms with E-state index in [1.165, 1.54) is 11.1 Å². The van der Waals surface area contributed by atoms with E-state index in [-0.39, 0.29) is 30.2 Å². The topological polar surface area (TPSA) is 97.6 Å². The van der Waals surface area contributed by atoms with E-state index in [9.17, 15) is 14.4 Å². The van der Waals surface area contributed by atoms with Crippen molar-refractivity contribution in [2.75, 3.05) is 33.3 Å². The number of amides is 2. The molecule has 2 aromatic rings. The summed E-state index contributed by atoms with van der Waals surface area (Å²) in [6.45, 7) is 4.72. The number of rotatable bonds is 6. The molecule has 2 amide bonds. The highest BCUT2D eigenvalue weighted by Crippen LogP contribution is 2.19. The Morgan fingerprint density at radius 2 is 2.10 bits per heavy atom. The molecule has 1 unspecified atom stereocenters. The molecule has 160 valence electrons. The summed E-state index contributed by atoms with van der Waals surface area (Å²) in [5, 5.41) is 4.27. The zero-order chi connectivity index (χ0) is 21.7. The Morgan fingerprint density at radius 3 is 2.80 bits per heavy atom. The maximum atomic E-state index is 12.9. The van der Waals surface area contributed by atoms with Gasteiger partial charge in [0, 0.05) is 26.3 Å². The van der Waals surface area contributed by atoms with Crippen LogP contribution in [0.25, 0.3) is 5.82 Å². The van der Waals surface area contributed by atoms with Gasteiger partial charge < -0.3 is 14.5 Å². The first-order valence-electron chi connectivity index (χ1n) is 10.1. The van der Waals surface area contributed by atoms with Crippen LogP contribution in [0, 0.1) is 12.8 Å². The Hall–Kier alpha value is -3.23. The molecule has 9 heteroatoms. The smallest absolute Gasteiger partial charge is 0.310 e. The van der Waals surface area contributed by atoms with Crippen LogP contribution in [0.2, 0.25) is 0 Å². The van der Waals surface area contributed by atoms with Crippen molar-refractivity contribution in [3.63, 3.8) is 0 Å². The fourth-order valence-electron chi connectivity index (χ4n) is 3.57. The van der Waals surface area contributed by atoms with Crippen LogP contribution in [0.3, 0.4) is 0 Å². The van der Waals surface area contributed by atoms with Gasteiger partial charge in [-0.15, -0.1) is 0 Å². The van der Waals surface area contributed by atoms with Crippen molar-refractivity contribution in [2.45, 2.75) is 26.7 Å². The maximum absolute atomic E-state index is 12.9. The Kier molecular flexibility index (Phi) is 6.81. The van der Waals surface area contributed by atoms with Gasteiger partial charge in [-0.1, -0.05) is 6.07 Å². The third kappa shape index (κ3) is 4.67. The molecule has 0 aliphatic carbocycles. The van der Waals surface area contributed by atoms with Crippen molar-refractivity contribution in [2.24, 2.45) is 5.92 Å². The number of carbonyl (C=O) groups excluding carboxylic acids is 3. The van der Waals surface area contributed by atoms with E-state index < -0.39 is 0 Å². The first kappa shape index (κ1) is 21.5. The van der Waals surface area contributed by atoms with Gasteiger partial charge in [0.05, 0.1) is 36.5 Å².